The Labute approximate surface area is 356 Å². The molecule has 0 spiro atoms. The van der Waals surface area contributed by atoms with Gasteiger partial charge in [-0.1, -0.05) is 221 Å². The van der Waals surface area contributed by atoms with Gasteiger partial charge in [-0.3, -0.25) is 0 Å². The van der Waals surface area contributed by atoms with E-state index in [4.69, 9.17) is 0 Å². The molecule has 0 aromatic heterocycles. The molecular formula is C59H66. The second kappa shape index (κ2) is 16.6. The molecule has 7 aromatic carbocycles. The molecule has 0 saturated heterocycles. The molecule has 0 N–H and O–H groups in total. The zero-order chi connectivity index (χ0) is 41.4. The lowest BCUT2D eigenvalue weighted by atomic mass is 9.66. The largest absolute Gasteiger partial charge is 0.0713 e. The first-order valence-electron chi connectivity index (χ1n) is 22.9. The molecule has 0 unspecified atom stereocenters. The van der Waals surface area contributed by atoms with Gasteiger partial charge < -0.3 is 0 Å². The number of aryl methyl sites for hydroxylation is 2. The van der Waals surface area contributed by atoms with E-state index in [0.717, 1.165) is 12.8 Å². The van der Waals surface area contributed by atoms with Gasteiger partial charge in [-0.05, 0) is 131 Å². The standard InChI is InChI=1S/C59H66/c1-9-11-13-15-21-41-27-32-44(33-28-41)59(45-34-29-42(30-35-45)22-16-14-12-10-2)53-39-43(31-37-47(53)48-38-36-46(40-54(48)59)57(3,4)5)55-49-23-17-19-25-51(49)56(58(6,7)8)52-26-20-18-24-50(52)55/h17-20,23-40H,9-16,21-22H2,1-8H3. The molecule has 0 aliphatic heterocycles. The molecule has 0 atom stereocenters. The maximum atomic E-state index is 2.59. The predicted molar refractivity (Wildman–Crippen MR) is 257 cm³/mol. The zero-order valence-electron chi connectivity index (χ0n) is 37.3. The van der Waals surface area contributed by atoms with E-state index in [1.54, 1.807) is 0 Å². The summed E-state index contributed by atoms with van der Waals surface area (Å²) in [6.07, 6.45) is 12.5. The quantitative estimate of drug-likeness (QED) is 0.0808. The second-order valence-corrected chi connectivity index (χ2v) is 19.6. The summed E-state index contributed by atoms with van der Waals surface area (Å²) in [5, 5.41) is 5.35. The molecule has 0 amide bonds. The minimum atomic E-state index is -0.486. The van der Waals surface area contributed by atoms with E-state index in [0.29, 0.717) is 0 Å². The van der Waals surface area contributed by atoms with Crippen LogP contribution in [0.2, 0.25) is 0 Å². The third-order valence-electron chi connectivity index (χ3n) is 13.4. The SMILES string of the molecule is CCCCCCc1ccc(C2(c3ccc(CCCCCC)cc3)c3cc(-c4c5ccccc5c(C(C)(C)C)c5ccccc45)ccc3-c3ccc(C(C)(C)C)cc32)cc1. The first kappa shape index (κ1) is 40.8. The Balaban J connectivity index is 1.41. The van der Waals surface area contributed by atoms with Crippen LogP contribution < -0.4 is 0 Å². The fraction of sp³-hybridized carbons (Fsp3) is 0.356. The molecule has 7 aromatic rings. The van der Waals surface area contributed by atoms with E-state index >= 15 is 0 Å². The van der Waals surface area contributed by atoms with E-state index in [1.807, 2.05) is 0 Å². The molecule has 0 saturated carbocycles. The van der Waals surface area contributed by atoms with Gasteiger partial charge in [0.25, 0.3) is 0 Å². The Morgan fingerprint density at radius 1 is 0.424 bits per heavy atom. The summed E-state index contributed by atoms with van der Waals surface area (Å²) in [4.78, 5) is 0. The monoisotopic (exact) mass is 775 g/mol. The first-order valence-corrected chi connectivity index (χ1v) is 22.9. The van der Waals surface area contributed by atoms with Crippen LogP contribution >= 0.6 is 0 Å². The summed E-state index contributed by atoms with van der Waals surface area (Å²) < 4.78 is 0. The van der Waals surface area contributed by atoms with Crippen LogP contribution in [0, 0.1) is 0 Å². The third-order valence-corrected chi connectivity index (χ3v) is 13.4. The minimum absolute atomic E-state index is 0.0119. The lowest BCUT2D eigenvalue weighted by molar-refractivity contribution is 0.588. The molecule has 8 rings (SSSR count). The lowest BCUT2D eigenvalue weighted by Gasteiger charge is -2.35. The summed E-state index contributed by atoms with van der Waals surface area (Å²) in [5.41, 5.74) is 16.0. The molecule has 1 aliphatic carbocycles. The number of hydrogen-bond donors (Lipinski definition) is 0. The topological polar surface area (TPSA) is 0 Å². The highest BCUT2D eigenvalue weighted by atomic mass is 14.5. The minimum Gasteiger partial charge on any atom is -0.0654 e. The third kappa shape index (κ3) is 7.58. The van der Waals surface area contributed by atoms with Gasteiger partial charge in [0, 0.05) is 0 Å². The fourth-order valence-corrected chi connectivity index (χ4v) is 10.3. The molecule has 0 heteroatoms. The van der Waals surface area contributed by atoms with Gasteiger partial charge in [0.1, 0.15) is 0 Å². The molecule has 0 heterocycles. The molecule has 0 nitrogen and oxygen atoms in total. The zero-order valence-corrected chi connectivity index (χ0v) is 37.3. The summed E-state index contributed by atoms with van der Waals surface area (Å²) in [5.74, 6) is 0. The Kier molecular flexibility index (Phi) is 11.5. The van der Waals surface area contributed by atoms with Crippen LogP contribution in [-0.4, -0.2) is 0 Å². The van der Waals surface area contributed by atoms with Crippen molar-refractivity contribution >= 4 is 21.5 Å². The van der Waals surface area contributed by atoms with Crippen molar-refractivity contribution in [2.75, 3.05) is 0 Å². The average Bonchev–Trinajstić information content (AvgIpc) is 3.52. The highest BCUT2D eigenvalue weighted by Gasteiger charge is 2.47. The van der Waals surface area contributed by atoms with Gasteiger partial charge in [-0.25, -0.2) is 0 Å². The maximum Gasteiger partial charge on any atom is 0.0713 e. The number of fused-ring (bicyclic) bond motifs is 5. The van der Waals surface area contributed by atoms with E-state index in [9.17, 15) is 0 Å². The molecule has 0 bridgehead atoms. The van der Waals surface area contributed by atoms with Crippen molar-refractivity contribution < 1.29 is 0 Å². The van der Waals surface area contributed by atoms with Crippen molar-refractivity contribution in [1.29, 1.82) is 0 Å². The summed E-state index contributed by atoms with van der Waals surface area (Å²) >= 11 is 0. The fourth-order valence-electron chi connectivity index (χ4n) is 10.3. The van der Waals surface area contributed by atoms with Crippen LogP contribution in [0.5, 0.6) is 0 Å². The molecule has 302 valence electrons. The lowest BCUT2D eigenvalue weighted by Crippen LogP contribution is -2.29. The average molecular weight is 775 g/mol. The Bertz CT molecular complexity index is 2450. The Morgan fingerprint density at radius 3 is 1.34 bits per heavy atom. The predicted octanol–water partition coefficient (Wildman–Crippen LogP) is 16.9. The van der Waals surface area contributed by atoms with Crippen LogP contribution in [0.15, 0.2) is 133 Å². The van der Waals surface area contributed by atoms with Crippen LogP contribution in [0.4, 0.5) is 0 Å². The van der Waals surface area contributed by atoms with Crippen LogP contribution in [0.25, 0.3) is 43.8 Å². The molecule has 59 heavy (non-hydrogen) atoms. The molecule has 0 fully saturated rings. The van der Waals surface area contributed by atoms with Gasteiger partial charge >= 0.3 is 0 Å². The van der Waals surface area contributed by atoms with Crippen LogP contribution in [0.1, 0.15) is 151 Å². The Morgan fingerprint density at radius 2 is 0.881 bits per heavy atom. The molecule has 1 aliphatic rings. The summed E-state index contributed by atoms with van der Waals surface area (Å²) in [6.45, 7) is 18.7. The van der Waals surface area contributed by atoms with Crippen LogP contribution in [-0.2, 0) is 29.1 Å². The van der Waals surface area contributed by atoms with Crippen molar-refractivity contribution in [2.45, 2.75) is 136 Å². The maximum absolute atomic E-state index is 2.59. The van der Waals surface area contributed by atoms with Gasteiger partial charge in [0.2, 0.25) is 0 Å². The van der Waals surface area contributed by atoms with Crippen molar-refractivity contribution in [3.05, 3.63) is 178 Å². The number of unbranched alkanes of at least 4 members (excludes halogenated alkanes) is 6. The Hall–Kier alpha value is -4.94. The van der Waals surface area contributed by atoms with E-state index in [2.05, 4.69) is 189 Å². The van der Waals surface area contributed by atoms with Crippen molar-refractivity contribution in [3.8, 4) is 22.3 Å². The molecular weight excluding hydrogens is 709 g/mol. The van der Waals surface area contributed by atoms with E-state index < -0.39 is 5.41 Å². The van der Waals surface area contributed by atoms with Gasteiger partial charge in [0.05, 0.1) is 5.41 Å². The normalized spacial score (nSPS) is 13.6. The number of rotatable bonds is 13. The van der Waals surface area contributed by atoms with E-state index in [-0.39, 0.29) is 10.8 Å². The van der Waals surface area contributed by atoms with Gasteiger partial charge in [0.15, 0.2) is 0 Å². The smallest absolute Gasteiger partial charge is 0.0654 e. The summed E-state index contributed by atoms with van der Waals surface area (Å²) in [7, 11) is 0. The highest BCUT2D eigenvalue weighted by molar-refractivity contribution is 6.15. The van der Waals surface area contributed by atoms with Gasteiger partial charge in [-0.2, -0.15) is 0 Å². The number of hydrogen-bond acceptors (Lipinski definition) is 0. The number of benzene rings is 7. The second-order valence-electron chi connectivity index (χ2n) is 19.6. The summed E-state index contributed by atoms with van der Waals surface area (Å²) in [6, 6.07) is 52.8. The highest BCUT2D eigenvalue weighted by Crippen LogP contribution is 2.58. The van der Waals surface area contributed by atoms with Crippen molar-refractivity contribution in [2.24, 2.45) is 0 Å². The first-order chi connectivity index (χ1) is 28.5. The molecule has 0 radical (unpaired) electrons. The van der Waals surface area contributed by atoms with Crippen molar-refractivity contribution in [1.82, 2.24) is 0 Å². The van der Waals surface area contributed by atoms with Crippen molar-refractivity contribution in [3.63, 3.8) is 0 Å². The van der Waals surface area contributed by atoms with E-state index in [1.165, 1.54) is 140 Å². The van der Waals surface area contributed by atoms with Gasteiger partial charge in [-0.15, -0.1) is 0 Å². The van der Waals surface area contributed by atoms with Crippen LogP contribution in [0.3, 0.4) is 0 Å².